The summed E-state index contributed by atoms with van der Waals surface area (Å²) in [5, 5.41) is 2.67. The van der Waals surface area contributed by atoms with Crippen LogP contribution in [0.3, 0.4) is 0 Å². The van der Waals surface area contributed by atoms with Crippen LogP contribution in [0, 0.1) is 0 Å². The SMILES string of the molecule is C=C(C)C(=O)NC(C)COC(=O)C(C)=CCC. The number of allylic oxidation sites excluding steroid dienone is 1. The molecule has 0 aromatic heterocycles. The lowest BCUT2D eigenvalue weighted by Crippen LogP contribution is -2.36. The summed E-state index contributed by atoms with van der Waals surface area (Å²) in [6, 6.07) is -0.224. The van der Waals surface area contributed by atoms with Crippen molar-refractivity contribution in [1.82, 2.24) is 5.32 Å². The third kappa shape index (κ3) is 6.56. The molecule has 0 heterocycles. The summed E-state index contributed by atoms with van der Waals surface area (Å²) >= 11 is 0. The average Bonchev–Trinajstić information content (AvgIpc) is 2.25. The maximum absolute atomic E-state index is 11.4. The summed E-state index contributed by atoms with van der Waals surface area (Å²) in [4.78, 5) is 22.7. The molecule has 0 aromatic rings. The molecule has 4 heteroatoms. The fourth-order valence-electron chi connectivity index (χ4n) is 1.09. The smallest absolute Gasteiger partial charge is 0.333 e. The van der Waals surface area contributed by atoms with Crippen molar-refractivity contribution in [3.8, 4) is 0 Å². The molecule has 1 N–H and O–H groups in total. The number of hydrogen-bond donors (Lipinski definition) is 1. The maximum atomic E-state index is 11.4. The Morgan fingerprint density at radius 1 is 1.41 bits per heavy atom. The molecule has 0 fully saturated rings. The molecule has 0 aliphatic carbocycles. The highest BCUT2D eigenvalue weighted by Crippen LogP contribution is 1.99. The number of nitrogens with one attached hydrogen (secondary N) is 1. The van der Waals surface area contributed by atoms with Gasteiger partial charge < -0.3 is 10.1 Å². The number of rotatable bonds is 6. The standard InChI is InChI=1S/C13H21NO3/c1-6-7-10(4)13(16)17-8-11(5)14-12(15)9(2)3/h7,11H,2,6,8H2,1,3-5H3,(H,14,15). The first-order valence-electron chi connectivity index (χ1n) is 5.68. The monoisotopic (exact) mass is 239 g/mol. The van der Waals surface area contributed by atoms with Crippen LogP contribution in [0.4, 0.5) is 0 Å². The van der Waals surface area contributed by atoms with Crippen molar-refractivity contribution in [3.63, 3.8) is 0 Å². The molecule has 1 atom stereocenters. The summed E-state index contributed by atoms with van der Waals surface area (Å²) < 4.78 is 5.05. The number of hydrogen-bond acceptors (Lipinski definition) is 3. The van der Waals surface area contributed by atoms with Gasteiger partial charge in [-0.25, -0.2) is 4.79 Å². The van der Waals surface area contributed by atoms with Gasteiger partial charge in [0.25, 0.3) is 0 Å². The van der Waals surface area contributed by atoms with Gasteiger partial charge in [0.1, 0.15) is 6.61 Å². The van der Waals surface area contributed by atoms with Gasteiger partial charge in [0.15, 0.2) is 0 Å². The normalized spacial score (nSPS) is 12.8. The van der Waals surface area contributed by atoms with Gasteiger partial charge in [0, 0.05) is 11.1 Å². The lowest BCUT2D eigenvalue weighted by atomic mass is 10.2. The van der Waals surface area contributed by atoms with E-state index in [1.165, 1.54) is 0 Å². The van der Waals surface area contributed by atoms with Crippen molar-refractivity contribution in [1.29, 1.82) is 0 Å². The summed E-state index contributed by atoms with van der Waals surface area (Å²) in [5.41, 5.74) is 1.02. The zero-order valence-electron chi connectivity index (χ0n) is 11.0. The van der Waals surface area contributed by atoms with Gasteiger partial charge in [-0.3, -0.25) is 4.79 Å². The third-order valence-electron chi connectivity index (χ3n) is 2.06. The molecule has 0 bridgehead atoms. The van der Waals surface area contributed by atoms with Crippen LogP contribution in [0.5, 0.6) is 0 Å². The highest BCUT2D eigenvalue weighted by molar-refractivity contribution is 5.92. The Bertz CT molecular complexity index is 332. The van der Waals surface area contributed by atoms with Crippen LogP contribution in [0.2, 0.25) is 0 Å². The van der Waals surface area contributed by atoms with Gasteiger partial charge in [-0.1, -0.05) is 19.6 Å². The van der Waals surface area contributed by atoms with Gasteiger partial charge in [0.2, 0.25) is 5.91 Å². The molecule has 0 spiro atoms. The largest absolute Gasteiger partial charge is 0.460 e. The van der Waals surface area contributed by atoms with E-state index in [1.807, 2.05) is 6.92 Å². The van der Waals surface area contributed by atoms with Crippen LogP contribution in [-0.4, -0.2) is 24.5 Å². The van der Waals surface area contributed by atoms with Crippen molar-refractivity contribution >= 4 is 11.9 Å². The fraction of sp³-hybridized carbons (Fsp3) is 0.538. The van der Waals surface area contributed by atoms with Gasteiger partial charge in [0.05, 0.1) is 6.04 Å². The molecule has 0 aliphatic heterocycles. The van der Waals surface area contributed by atoms with E-state index in [0.29, 0.717) is 11.1 Å². The van der Waals surface area contributed by atoms with Crippen LogP contribution in [0.25, 0.3) is 0 Å². The van der Waals surface area contributed by atoms with Crippen LogP contribution < -0.4 is 5.32 Å². The summed E-state index contributed by atoms with van der Waals surface area (Å²) in [6.45, 7) is 10.7. The quantitative estimate of drug-likeness (QED) is 0.569. The third-order valence-corrected chi connectivity index (χ3v) is 2.06. The van der Waals surface area contributed by atoms with E-state index in [0.717, 1.165) is 6.42 Å². The second kappa shape index (κ2) is 7.65. The first kappa shape index (κ1) is 15.4. The minimum Gasteiger partial charge on any atom is -0.460 e. The summed E-state index contributed by atoms with van der Waals surface area (Å²) in [7, 11) is 0. The Morgan fingerprint density at radius 3 is 2.47 bits per heavy atom. The molecule has 0 aromatic carbocycles. The van der Waals surface area contributed by atoms with Crippen molar-refractivity contribution < 1.29 is 14.3 Å². The highest BCUT2D eigenvalue weighted by Gasteiger charge is 2.11. The van der Waals surface area contributed by atoms with Crippen LogP contribution in [0.15, 0.2) is 23.8 Å². The second-order valence-electron chi connectivity index (χ2n) is 4.05. The lowest BCUT2D eigenvalue weighted by molar-refractivity contribution is -0.140. The van der Waals surface area contributed by atoms with Crippen LogP contribution in [-0.2, 0) is 14.3 Å². The average molecular weight is 239 g/mol. The van der Waals surface area contributed by atoms with E-state index in [-0.39, 0.29) is 24.5 Å². The molecular weight excluding hydrogens is 218 g/mol. The fourth-order valence-corrected chi connectivity index (χ4v) is 1.09. The van der Waals surface area contributed by atoms with Gasteiger partial charge >= 0.3 is 5.97 Å². The zero-order chi connectivity index (χ0) is 13.4. The topological polar surface area (TPSA) is 55.4 Å². The van der Waals surface area contributed by atoms with Crippen molar-refractivity contribution in [2.24, 2.45) is 0 Å². The van der Waals surface area contributed by atoms with Crippen molar-refractivity contribution in [3.05, 3.63) is 23.8 Å². The molecule has 0 saturated carbocycles. The molecule has 17 heavy (non-hydrogen) atoms. The van der Waals surface area contributed by atoms with Crippen molar-refractivity contribution in [2.45, 2.75) is 40.2 Å². The van der Waals surface area contributed by atoms with E-state index in [9.17, 15) is 9.59 Å². The Hall–Kier alpha value is -1.58. The predicted octanol–water partition coefficient (Wildman–Crippen LogP) is 1.97. The van der Waals surface area contributed by atoms with E-state index in [4.69, 9.17) is 4.74 Å². The number of carbonyl (C=O) groups is 2. The molecule has 0 saturated heterocycles. The second-order valence-corrected chi connectivity index (χ2v) is 4.05. The molecule has 0 rings (SSSR count). The lowest BCUT2D eigenvalue weighted by Gasteiger charge is -2.14. The number of esters is 1. The molecule has 1 amide bonds. The Labute approximate surface area is 103 Å². The van der Waals surface area contributed by atoms with Crippen molar-refractivity contribution in [2.75, 3.05) is 6.61 Å². The van der Waals surface area contributed by atoms with Gasteiger partial charge in [-0.05, 0) is 27.2 Å². The molecule has 4 nitrogen and oxygen atoms in total. The van der Waals surface area contributed by atoms with Gasteiger partial charge in [-0.2, -0.15) is 0 Å². The molecule has 1 unspecified atom stereocenters. The summed E-state index contributed by atoms with van der Waals surface area (Å²) in [6.07, 6.45) is 2.60. The highest BCUT2D eigenvalue weighted by atomic mass is 16.5. The minimum absolute atomic E-state index is 0.159. The number of ether oxygens (including phenoxy) is 1. The molecule has 0 radical (unpaired) electrons. The first-order chi connectivity index (χ1) is 7.88. The van der Waals surface area contributed by atoms with E-state index >= 15 is 0 Å². The Morgan fingerprint density at radius 2 is 2.00 bits per heavy atom. The van der Waals surface area contributed by atoms with Crippen LogP contribution >= 0.6 is 0 Å². The molecule has 96 valence electrons. The van der Waals surface area contributed by atoms with E-state index in [2.05, 4.69) is 11.9 Å². The van der Waals surface area contributed by atoms with E-state index < -0.39 is 0 Å². The molecular formula is C13H21NO3. The van der Waals surface area contributed by atoms with E-state index in [1.54, 1.807) is 26.8 Å². The Balaban J connectivity index is 4.04. The Kier molecular flexibility index (Phi) is 6.94. The minimum atomic E-state index is -0.344. The number of carbonyl (C=O) groups excluding carboxylic acids is 2. The van der Waals surface area contributed by atoms with Gasteiger partial charge in [-0.15, -0.1) is 0 Å². The predicted molar refractivity (Wildman–Crippen MR) is 67.4 cm³/mol. The van der Waals surface area contributed by atoms with Crippen LogP contribution in [0.1, 0.15) is 34.1 Å². The zero-order valence-corrected chi connectivity index (χ0v) is 11.0. The number of amides is 1. The maximum Gasteiger partial charge on any atom is 0.333 e. The summed E-state index contributed by atoms with van der Waals surface area (Å²) in [5.74, 6) is -0.572. The molecule has 0 aliphatic rings. The first-order valence-corrected chi connectivity index (χ1v) is 5.68.